The Morgan fingerprint density at radius 3 is 1.75 bits per heavy atom. The summed E-state index contributed by atoms with van der Waals surface area (Å²) in [6.45, 7) is -0.426. The predicted octanol–water partition coefficient (Wildman–Crippen LogP) is -2.37. The highest BCUT2D eigenvalue weighted by molar-refractivity contribution is 4.61. The number of unbranched alkanes of at least 4 members (excludes halogenated alkanes) is 1. The lowest BCUT2D eigenvalue weighted by Gasteiger charge is -2.20. The zero-order valence-corrected chi connectivity index (χ0v) is 14.0. The van der Waals surface area contributed by atoms with Crippen LogP contribution in [0.3, 0.4) is 0 Å². The minimum Gasteiger partial charge on any atom is -0.394 e. The smallest absolute Gasteiger partial charge is 0.100 e. The number of rotatable bonds is 17. The van der Waals surface area contributed by atoms with Gasteiger partial charge in [-0.15, -0.1) is 0 Å². The Bertz CT molecular complexity index is 267. The predicted molar refractivity (Wildman–Crippen MR) is 84.5 cm³/mol. The summed E-state index contributed by atoms with van der Waals surface area (Å²) in [5.41, 5.74) is 0. The molecule has 6 N–H and O–H groups in total. The van der Waals surface area contributed by atoms with Crippen LogP contribution < -0.4 is 0 Å². The molecule has 0 aliphatic rings. The van der Waals surface area contributed by atoms with Crippen molar-refractivity contribution in [1.29, 1.82) is 0 Å². The highest BCUT2D eigenvalue weighted by atomic mass is 16.5. The molecule has 0 spiro atoms. The maximum Gasteiger partial charge on any atom is 0.100 e. The van der Waals surface area contributed by atoms with Gasteiger partial charge < -0.3 is 44.8 Å². The summed E-state index contributed by atoms with van der Waals surface area (Å²) in [4.78, 5) is 0. The second kappa shape index (κ2) is 16.1. The molecule has 4 unspecified atom stereocenters. The van der Waals surface area contributed by atoms with Crippen molar-refractivity contribution in [3.05, 3.63) is 0 Å². The molecule has 4 atom stereocenters. The Hall–Kier alpha value is -0.360. The minimum atomic E-state index is -0.959. The molecule has 24 heavy (non-hydrogen) atoms. The largest absolute Gasteiger partial charge is 0.394 e. The van der Waals surface area contributed by atoms with Gasteiger partial charge in [0.05, 0.1) is 52.4 Å². The standard InChI is InChI=1S/C15H32O9/c16-5-12(19)8-22-4-2-1-3-15(24-10-14(21)7-18)11-23-9-13(20)6-17/h12-21H,1-11H2. The van der Waals surface area contributed by atoms with Gasteiger partial charge >= 0.3 is 0 Å². The van der Waals surface area contributed by atoms with Crippen LogP contribution >= 0.6 is 0 Å². The van der Waals surface area contributed by atoms with Gasteiger partial charge in [-0.2, -0.15) is 0 Å². The quantitative estimate of drug-likeness (QED) is 0.157. The number of aliphatic hydroxyl groups is 6. The lowest BCUT2D eigenvalue weighted by atomic mass is 10.1. The second-order valence-corrected chi connectivity index (χ2v) is 5.57. The summed E-state index contributed by atoms with van der Waals surface area (Å²) in [6.07, 6.45) is -0.994. The van der Waals surface area contributed by atoms with Crippen molar-refractivity contribution in [2.45, 2.75) is 43.7 Å². The third kappa shape index (κ3) is 14.0. The number of hydrogen-bond acceptors (Lipinski definition) is 9. The summed E-state index contributed by atoms with van der Waals surface area (Å²) >= 11 is 0. The minimum absolute atomic E-state index is 0.0128. The van der Waals surface area contributed by atoms with E-state index in [-0.39, 0.29) is 45.7 Å². The number of ether oxygens (including phenoxy) is 3. The van der Waals surface area contributed by atoms with Gasteiger partial charge in [0.1, 0.15) is 18.3 Å². The number of hydrogen-bond donors (Lipinski definition) is 6. The monoisotopic (exact) mass is 356 g/mol. The highest BCUT2D eigenvalue weighted by Crippen LogP contribution is 2.08. The van der Waals surface area contributed by atoms with Crippen molar-refractivity contribution >= 4 is 0 Å². The molecular formula is C15H32O9. The van der Waals surface area contributed by atoms with Gasteiger partial charge in [0, 0.05) is 6.61 Å². The lowest BCUT2D eigenvalue weighted by Crippen LogP contribution is -2.29. The van der Waals surface area contributed by atoms with Crippen molar-refractivity contribution in [3.63, 3.8) is 0 Å². The van der Waals surface area contributed by atoms with E-state index >= 15 is 0 Å². The van der Waals surface area contributed by atoms with Crippen LogP contribution in [0.4, 0.5) is 0 Å². The van der Waals surface area contributed by atoms with Crippen molar-refractivity contribution in [2.24, 2.45) is 0 Å². The molecule has 0 aromatic rings. The molecule has 0 amide bonds. The Kier molecular flexibility index (Phi) is 15.9. The molecule has 0 bridgehead atoms. The molecule has 0 fully saturated rings. The van der Waals surface area contributed by atoms with Gasteiger partial charge in [-0.05, 0) is 19.3 Å². The Balaban J connectivity index is 3.91. The summed E-state index contributed by atoms with van der Waals surface area (Å²) < 4.78 is 15.9. The third-order valence-electron chi connectivity index (χ3n) is 3.15. The van der Waals surface area contributed by atoms with Crippen LogP contribution in [-0.4, -0.2) is 108 Å². The van der Waals surface area contributed by atoms with Crippen LogP contribution in [0.1, 0.15) is 19.3 Å². The van der Waals surface area contributed by atoms with Gasteiger partial charge in [-0.1, -0.05) is 0 Å². The van der Waals surface area contributed by atoms with Crippen molar-refractivity contribution < 1.29 is 44.8 Å². The fourth-order valence-corrected chi connectivity index (χ4v) is 1.75. The normalized spacial score (nSPS) is 16.8. The van der Waals surface area contributed by atoms with Gasteiger partial charge in [0.25, 0.3) is 0 Å². The topological polar surface area (TPSA) is 149 Å². The highest BCUT2D eigenvalue weighted by Gasteiger charge is 2.13. The fourth-order valence-electron chi connectivity index (χ4n) is 1.75. The van der Waals surface area contributed by atoms with E-state index < -0.39 is 24.9 Å². The first-order valence-electron chi connectivity index (χ1n) is 8.17. The maximum absolute atomic E-state index is 9.32. The zero-order chi connectivity index (χ0) is 18.2. The first kappa shape index (κ1) is 23.6. The van der Waals surface area contributed by atoms with Crippen LogP contribution in [0.5, 0.6) is 0 Å². The molecule has 0 saturated carbocycles. The molecule has 0 radical (unpaired) electrons. The van der Waals surface area contributed by atoms with E-state index in [9.17, 15) is 10.2 Å². The van der Waals surface area contributed by atoms with E-state index in [0.29, 0.717) is 13.0 Å². The Morgan fingerprint density at radius 2 is 1.17 bits per heavy atom. The van der Waals surface area contributed by atoms with Crippen LogP contribution in [-0.2, 0) is 14.2 Å². The first-order chi connectivity index (χ1) is 11.5. The number of aliphatic hydroxyl groups excluding tert-OH is 6. The van der Waals surface area contributed by atoms with Gasteiger partial charge in [0.2, 0.25) is 0 Å². The van der Waals surface area contributed by atoms with E-state index in [4.69, 9.17) is 34.6 Å². The van der Waals surface area contributed by atoms with Crippen molar-refractivity contribution in [3.8, 4) is 0 Å². The van der Waals surface area contributed by atoms with E-state index in [1.165, 1.54) is 0 Å². The molecule has 0 aliphatic carbocycles. The van der Waals surface area contributed by atoms with Crippen LogP contribution in [0.25, 0.3) is 0 Å². The molecular weight excluding hydrogens is 324 g/mol. The zero-order valence-electron chi connectivity index (χ0n) is 14.0. The van der Waals surface area contributed by atoms with Gasteiger partial charge in [-0.25, -0.2) is 0 Å². The maximum atomic E-state index is 9.32. The molecule has 9 nitrogen and oxygen atoms in total. The van der Waals surface area contributed by atoms with E-state index in [1.807, 2.05) is 0 Å². The molecule has 0 saturated heterocycles. The van der Waals surface area contributed by atoms with Crippen molar-refractivity contribution in [1.82, 2.24) is 0 Å². The van der Waals surface area contributed by atoms with E-state index in [1.54, 1.807) is 0 Å². The van der Waals surface area contributed by atoms with E-state index in [2.05, 4.69) is 0 Å². The lowest BCUT2D eigenvalue weighted by molar-refractivity contribution is -0.0765. The Morgan fingerprint density at radius 1 is 0.625 bits per heavy atom. The molecule has 0 heterocycles. The SMILES string of the molecule is OCC(O)COCCCCC(COCC(O)CO)OCC(O)CO. The van der Waals surface area contributed by atoms with Gasteiger partial charge in [-0.3, -0.25) is 0 Å². The third-order valence-corrected chi connectivity index (χ3v) is 3.15. The van der Waals surface area contributed by atoms with Crippen LogP contribution in [0.2, 0.25) is 0 Å². The summed E-state index contributed by atoms with van der Waals surface area (Å²) in [7, 11) is 0. The average Bonchev–Trinajstić information content (AvgIpc) is 2.60. The van der Waals surface area contributed by atoms with Crippen molar-refractivity contribution in [2.75, 3.05) is 52.9 Å². The van der Waals surface area contributed by atoms with Crippen LogP contribution in [0, 0.1) is 0 Å². The van der Waals surface area contributed by atoms with Gasteiger partial charge in [0.15, 0.2) is 0 Å². The van der Waals surface area contributed by atoms with E-state index in [0.717, 1.165) is 12.8 Å². The molecule has 0 rings (SSSR count). The Labute approximate surface area is 142 Å². The average molecular weight is 356 g/mol. The molecule has 0 aliphatic heterocycles. The fraction of sp³-hybridized carbons (Fsp3) is 1.00. The molecule has 146 valence electrons. The summed E-state index contributed by atoms with van der Waals surface area (Å²) in [5, 5.41) is 53.8. The first-order valence-corrected chi connectivity index (χ1v) is 8.17. The summed E-state index contributed by atoms with van der Waals surface area (Å²) in [6, 6.07) is 0. The molecule has 0 aromatic carbocycles. The molecule has 9 heteroatoms. The summed E-state index contributed by atoms with van der Waals surface area (Å²) in [5.74, 6) is 0. The second-order valence-electron chi connectivity index (χ2n) is 5.57. The molecule has 0 aromatic heterocycles. The van der Waals surface area contributed by atoms with Crippen LogP contribution in [0.15, 0.2) is 0 Å².